The van der Waals surface area contributed by atoms with Crippen LogP contribution in [0.1, 0.15) is 11.1 Å². The highest BCUT2D eigenvalue weighted by Gasteiger charge is 2.13. The molecule has 0 aliphatic carbocycles. The molecule has 0 radical (unpaired) electrons. The molecule has 2 aromatic rings. The van der Waals surface area contributed by atoms with Crippen LogP contribution < -0.4 is 10.1 Å². The average molecular weight is 414 g/mol. The Morgan fingerprint density at radius 3 is 2.62 bits per heavy atom. The molecule has 0 unspecified atom stereocenters. The lowest BCUT2D eigenvalue weighted by molar-refractivity contribution is -0.384. The van der Waals surface area contributed by atoms with E-state index < -0.39 is 10.8 Å². The van der Waals surface area contributed by atoms with Gasteiger partial charge in [0.1, 0.15) is 5.75 Å². The van der Waals surface area contributed by atoms with E-state index in [1.807, 2.05) is 13.0 Å². The Hall–Kier alpha value is -2.12. The zero-order chi connectivity index (χ0) is 17.9. The van der Waals surface area contributed by atoms with E-state index in [-0.39, 0.29) is 12.3 Å². The van der Waals surface area contributed by atoms with Gasteiger partial charge in [0, 0.05) is 16.6 Å². The maximum absolute atomic E-state index is 12.1. The number of benzene rings is 2. The number of anilines is 1. The van der Waals surface area contributed by atoms with Crippen molar-refractivity contribution in [2.24, 2.45) is 0 Å². The third-order valence-corrected chi connectivity index (χ3v) is 3.99. The molecule has 0 heterocycles. The minimum atomic E-state index is -0.517. The second-order valence-corrected chi connectivity index (χ2v) is 6.45. The van der Waals surface area contributed by atoms with Gasteiger partial charge in [0.2, 0.25) is 0 Å². The molecule has 0 aliphatic heterocycles. The number of hydrogen-bond donors (Lipinski definition) is 1. The summed E-state index contributed by atoms with van der Waals surface area (Å²) in [6.07, 6.45) is 0. The number of amides is 1. The minimum absolute atomic E-state index is 0.0939. The maximum atomic E-state index is 12.1. The number of nitrogens with zero attached hydrogens (tertiary/aromatic N) is 1. The molecule has 2 rings (SSSR count). The van der Waals surface area contributed by atoms with Gasteiger partial charge in [0.05, 0.1) is 15.6 Å². The molecule has 0 bridgehead atoms. The number of nitro groups is 1. The Kier molecular flexibility index (Phi) is 5.80. The lowest BCUT2D eigenvalue weighted by Crippen LogP contribution is -2.21. The second-order valence-electron chi connectivity index (χ2n) is 5.13. The molecule has 126 valence electrons. The van der Waals surface area contributed by atoms with E-state index in [0.717, 1.165) is 10.0 Å². The summed E-state index contributed by atoms with van der Waals surface area (Å²) in [6.45, 7) is 3.30. The Labute approximate surface area is 152 Å². The second kappa shape index (κ2) is 7.63. The first-order valence-electron chi connectivity index (χ1n) is 6.91. The Balaban J connectivity index is 2.07. The maximum Gasteiger partial charge on any atom is 0.271 e. The molecular formula is C16H14BrClN2O4. The number of nitrogens with one attached hydrogen (secondary N) is 1. The average Bonchev–Trinajstić information content (AvgIpc) is 2.48. The molecule has 0 fully saturated rings. The monoisotopic (exact) mass is 412 g/mol. The van der Waals surface area contributed by atoms with E-state index in [2.05, 4.69) is 21.2 Å². The van der Waals surface area contributed by atoms with Crippen molar-refractivity contribution in [3.8, 4) is 5.75 Å². The number of nitro benzene ring substituents is 1. The summed E-state index contributed by atoms with van der Waals surface area (Å²) < 4.78 is 6.29. The van der Waals surface area contributed by atoms with E-state index in [9.17, 15) is 14.9 Å². The molecule has 1 N–H and O–H groups in total. The molecule has 6 nitrogen and oxygen atoms in total. The molecule has 8 heteroatoms. The van der Waals surface area contributed by atoms with Crippen molar-refractivity contribution in [2.75, 3.05) is 11.9 Å². The van der Waals surface area contributed by atoms with Gasteiger partial charge >= 0.3 is 0 Å². The fraction of sp³-hybridized carbons (Fsp3) is 0.188. The number of ether oxygens (including phenoxy) is 1. The summed E-state index contributed by atoms with van der Waals surface area (Å²) in [6, 6.07) is 7.76. The highest BCUT2D eigenvalue weighted by atomic mass is 79.9. The van der Waals surface area contributed by atoms with E-state index in [4.69, 9.17) is 16.3 Å². The van der Waals surface area contributed by atoms with Crippen LogP contribution in [0.5, 0.6) is 5.75 Å². The van der Waals surface area contributed by atoms with Crippen LogP contribution >= 0.6 is 27.5 Å². The van der Waals surface area contributed by atoms with Crippen LogP contribution in [0.4, 0.5) is 11.4 Å². The highest BCUT2D eigenvalue weighted by molar-refractivity contribution is 9.10. The molecule has 1 amide bonds. The van der Waals surface area contributed by atoms with Gasteiger partial charge in [-0.05, 0) is 37.1 Å². The largest absolute Gasteiger partial charge is 0.482 e. The molecule has 0 aliphatic rings. The smallest absolute Gasteiger partial charge is 0.271 e. The van der Waals surface area contributed by atoms with Gasteiger partial charge in [-0.15, -0.1) is 0 Å². The number of carbonyl (C=O) groups is 1. The summed E-state index contributed by atoms with van der Waals surface area (Å²) in [5, 5.41) is 13.8. The standard InChI is InChI=1S/C16H14BrClN2O4/c1-9-3-4-12(20(22)23)7-14(9)19-15(21)8-24-16-10(2)5-11(17)6-13(16)18/h3-7H,8H2,1-2H3,(H,19,21). The van der Waals surface area contributed by atoms with Gasteiger partial charge < -0.3 is 10.1 Å². The molecule has 0 saturated heterocycles. The molecule has 0 aromatic heterocycles. The molecule has 0 spiro atoms. The normalized spacial score (nSPS) is 10.3. The van der Waals surface area contributed by atoms with Crippen LogP contribution in [-0.4, -0.2) is 17.4 Å². The minimum Gasteiger partial charge on any atom is -0.482 e. The van der Waals surface area contributed by atoms with Gasteiger partial charge in [0.25, 0.3) is 11.6 Å². The Bertz CT molecular complexity index is 788. The first-order valence-corrected chi connectivity index (χ1v) is 8.08. The van der Waals surface area contributed by atoms with Gasteiger partial charge in [-0.25, -0.2) is 0 Å². The van der Waals surface area contributed by atoms with Gasteiger partial charge in [-0.1, -0.05) is 33.6 Å². The van der Waals surface area contributed by atoms with Crippen molar-refractivity contribution >= 4 is 44.8 Å². The van der Waals surface area contributed by atoms with Crippen LogP contribution in [0.15, 0.2) is 34.8 Å². The quantitative estimate of drug-likeness (QED) is 0.571. The SMILES string of the molecule is Cc1ccc([N+](=O)[O-])cc1NC(=O)COc1c(C)cc(Br)cc1Cl. The number of carbonyl (C=O) groups excluding carboxylic acids is 1. The third-order valence-electron chi connectivity index (χ3n) is 3.25. The number of aryl methyl sites for hydroxylation is 2. The van der Waals surface area contributed by atoms with Crippen molar-refractivity contribution < 1.29 is 14.5 Å². The number of halogens is 2. The molecular weight excluding hydrogens is 400 g/mol. The highest BCUT2D eigenvalue weighted by Crippen LogP contribution is 2.32. The first-order chi connectivity index (χ1) is 11.3. The van der Waals surface area contributed by atoms with E-state index in [1.54, 1.807) is 19.1 Å². The zero-order valence-corrected chi connectivity index (χ0v) is 15.3. The summed E-state index contributed by atoms with van der Waals surface area (Å²) >= 11 is 9.42. The summed E-state index contributed by atoms with van der Waals surface area (Å²) in [5.41, 5.74) is 1.78. The van der Waals surface area contributed by atoms with Crippen molar-refractivity contribution in [3.63, 3.8) is 0 Å². The topological polar surface area (TPSA) is 81.5 Å². The van der Waals surface area contributed by atoms with Crippen LogP contribution in [0.3, 0.4) is 0 Å². The fourth-order valence-corrected chi connectivity index (χ4v) is 3.08. The predicted molar refractivity (Wildman–Crippen MR) is 95.8 cm³/mol. The van der Waals surface area contributed by atoms with Gasteiger partial charge in [-0.3, -0.25) is 14.9 Å². The molecule has 0 saturated carbocycles. The van der Waals surface area contributed by atoms with E-state index in [0.29, 0.717) is 22.0 Å². The molecule has 24 heavy (non-hydrogen) atoms. The number of hydrogen-bond acceptors (Lipinski definition) is 4. The fourth-order valence-electron chi connectivity index (χ4n) is 2.05. The van der Waals surface area contributed by atoms with Crippen LogP contribution in [0.25, 0.3) is 0 Å². The molecule has 0 atom stereocenters. The summed E-state index contributed by atoms with van der Waals surface area (Å²) in [4.78, 5) is 22.3. The molecule has 2 aromatic carbocycles. The van der Waals surface area contributed by atoms with Crippen molar-refractivity contribution in [1.82, 2.24) is 0 Å². The van der Waals surface area contributed by atoms with Gasteiger partial charge in [-0.2, -0.15) is 0 Å². The van der Waals surface area contributed by atoms with E-state index >= 15 is 0 Å². The summed E-state index contributed by atoms with van der Waals surface area (Å²) in [5.74, 6) is -0.0113. The van der Waals surface area contributed by atoms with Gasteiger partial charge in [0.15, 0.2) is 6.61 Å². The summed E-state index contributed by atoms with van der Waals surface area (Å²) in [7, 11) is 0. The number of non-ortho nitro benzene ring substituents is 1. The zero-order valence-electron chi connectivity index (χ0n) is 12.9. The van der Waals surface area contributed by atoms with Crippen molar-refractivity contribution in [2.45, 2.75) is 13.8 Å². The van der Waals surface area contributed by atoms with E-state index in [1.165, 1.54) is 12.1 Å². The van der Waals surface area contributed by atoms with Crippen LogP contribution in [0, 0.1) is 24.0 Å². The Morgan fingerprint density at radius 1 is 1.29 bits per heavy atom. The lowest BCUT2D eigenvalue weighted by atomic mass is 10.2. The van der Waals surface area contributed by atoms with Crippen molar-refractivity contribution in [1.29, 1.82) is 0 Å². The predicted octanol–water partition coefficient (Wildman–Crippen LogP) is 4.65. The first kappa shape index (κ1) is 18.2. The number of rotatable bonds is 5. The van der Waals surface area contributed by atoms with Crippen LogP contribution in [-0.2, 0) is 4.79 Å². The van der Waals surface area contributed by atoms with Crippen molar-refractivity contribution in [3.05, 3.63) is 61.1 Å². The lowest BCUT2D eigenvalue weighted by Gasteiger charge is -2.12. The van der Waals surface area contributed by atoms with Crippen LogP contribution in [0.2, 0.25) is 5.02 Å². The Morgan fingerprint density at radius 2 is 2.00 bits per heavy atom. The third kappa shape index (κ3) is 4.46.